The van der Waals surface area contributed by atoms with Gasteiger partial charge in [0.05, 0.1) is 18.8 Å². The topological polar surface area (TPSA) is 151 Å². The van der Waals surface area contributed by atoms with E-state index in [0.29, 0.717) is 29.2 Å². The summed E-state index contributed by atoms with van der Waals surface area (Å²) < 4.78 is 26.9. The third-order valence-corrected chi connectivity index (χ3v) is 8.09. The van der Waals surface area contributed by atoms with Crippen LogP contribution in [0.4, 0.5) is 5.82 Å². The predicted octanol–water partition coefficient (Wildman–Crippen LogP) is 2.70. The molecule has 0 spiro atoms. The Labute approximate surface area is 225 Å². The van der Waals surface area contributed by atoms with Gasteiger partial charge in [-0.15, -0.1) is 11.3 Å². The molecule has 2 unspecified atom stereocenters. The number of aliphatic hydroxyl groups excluding tert-OH is 2. The van der Waals surface area contributed by atoms with Crippen LogP contribution in [0, 0.1) is 5.92 Å². The van der Waals surface area contributed by atoms with Crippen LogP contribution in [0.5, 0.6) is 0 Å². The minimum absolute atomic E-state index is 0.0445. The molecule has 3 aromatic rings. The number of rotatable bonds is 10. The van der Waals surface area contributed by atoms with Gasteiger partial charge in [-0.25, -0.2) is 15.1 Å². The van der Waals surface area contributed by atoms with Gasteiger partial charge in [-0.2, -0.15) is 8.42 Å². The lowest BCUT2D eigenvalue weighted by Crippen LogP contribution is -2.24. The quantitative estimate of drug-likeness (QED) is 0.290. The number of benzene rings is 1. The van der Waals surface area contributed by atoms with E-state index in [-0.39, 0.29) is 18.7 Å². The molecule has 0 bridgehead atoms. The minimum atomic E-state index is -4.08. The third kappa shape index (κ3) is 7.03. The number of nitrogens with zero attached hydrogens (tertiary/aromatic N) is 3. The Morgan fingerprint density at radius 3 is 2.78 bits per heavy atom. The predicted molar refractivity (Wildman–Crippen MR) is 143 cm³/mol. The van der Waals surface area contributed by atoms with Crippen LogP contribution in [0.1, 0.15) is 46.6 Å². The lowest BCUT2D eigenvalue weighted by molar-refractivity contribution is 0.101. The van der Waals surface area contributed by atoms with Crippen molar-refractivity contribution < 1.29 is 22.8 Å². The highest BCUT2D eigenvalue weighted by atomic mass is 35.5. The molecule has 0 aliphatic heterocycles. The van der Waals surface area contributed by atoms with Gasteiger partial charge in [-0.05, 0) is 61.6 Å². The molecule has 5 N–H and O–H groups in total. The van der Waals surface area contributed by atoms with Crippen molar-refractivity contribution in [3.63, 3.8) is 0 Å². The molecule has 13 heteroatoms. The zero-order valence-electron chi connectivity index (χ0n) is 20.4. The number of aromatic nitrogens is 2. The number of halogens is 1. The summed E-state index contributed by atoms with van der Waals surface area (Å²) in [4.78, 5) is 11.2. The first-order valence-electron chi connectivity index (χ1n) is 11.6. The normalized spacial score (nSPS) is 21.8. The SMILES string of the molecule is CN(C)C(c1cccc(Cl)c1)c1csc(C(O)c2cncnc2N[C@@H]2C[C@H](COS(N)(=O)=O)[C@@H](O)C2)c1. The van der Waals surface area contributed by atoms with Gasteiger partial charge in [0, 0.05) is 33.6 Å². The standard InChI is InChI=1S/C24H30ClN5O5S2/c1-30(2)22(14-4-3-5-17(25)6-14)16-8-21(36-12-16)23(32)19-10-27-13-28-24(19)29-18-7-15(20(31)9-18)11-35-37(26,33)34/h3-6,8,10,12-13,15,18,20,22-23,31-32H,7,9,11H2,1-2H3,(H2,26,33,34)(H,27,28,29)/t15-,18-,20+,22?,23?/m1/s1. The highest BCUT2D eigenvalue weighted by Crippen LogP contribution is 2.37. The summed E-state index contributed by atoms with van der Waals surface area (Å²) in [7, 11) is -0.104. The van der Waals surface area contributed by atoms with Gasteiger partial charge < -0.3 is 15.5 Å². The summed E-state index contributed by atoms with van der Waals surface area (Å²) in [5.74, 6) is 0.0435. The Morgan fingerprint density at radius 2 is 2.08 bits per heavy atom. The summed E-state index contributed by atoms with van der Waals surface area (Å²) in [6.45, 7) is -0.199. The average molecular weight is 568 g/mol. The van der Waals surface area contributed by atoms with E-state index in [1.807, 2.05) is 49.8 Å². The molecule has 1 aromatic carbocycles. The van der Waals surface area contributed by atoms with Crippen molar-refractivity contribution in [2.24, 2.45) is 11.1 Å². The zero-order chi connectivity index (χ0) is 26.7. The van der Waals surface area contributed by atoms with Crippen LogP contribution in [-0.4, -0.2) is 66.3 Å². The largest absolute Gasteiger partial charge is 0.393 e. The maximum Gasteiger partial charge on any atom is 0.333 e. The van der Waals surface area contributed by atoms with Crippen molar-refractivity contribution in [1.29, 1.82) is 0 Å². The number of nitrogens with one attached hydrogen (secondary N) is 1. The van der Waals surface area contributed by atoms with E-state index in [0.717, 1.165) is 16.0 Å². The molecule has 1 aliphatic rings. The smallest absolute Gasteiger partial charge is 0.333 e. The van der Waals surface area contributed by atoms with E-state index in [9.17, 15) is 18.6 Å². The summed E-state index contributed by atoms with van der Waals surface area (Å²) in [5, 5.41) is 32.5. The number of thiophene rings is 1. The molecule has 0 radical (unpaired) electrons. The van der Waals surface area contributed by atoms with Crippen molar-refractivity contribution >= 4 is 39.1 Å². The average Bonchev–Trinajstić information content (AvgIpc) is 3.44. The Morgan fingerprint density at radius 1 is 1.30 bits per heavy atom. The van der Waals surface area contributed by atoms with E-state index < -0.39 is 28.4 Å². The number of nitrogens with two attached hydrogens (primary N) is 1. The molecule has 10 nitrogen and oxygen atoms in total. The first-order chi connectivity index (χ1) is 17.5. The van der Waals surface area contributed by atoms with E-state index in [4.69, 9.17) is 16.7 Å². The van der Waals surface area contributed by atoms with Crippen molar-refractivity contribution in [2.45, 2.75) is 37.1 Å². The molecule has 2 aromatic heterocycles. The van der Waals surface area contributed by atoms with Crippen LogP contribution in [0.15, 0.2) is 48.2 Å². The molecule has 2 heterocycles. The highest BCUT2D eigenvalue weighted by molar-refractivity contribution is 7.84. The van der Waals surface area contributed by atoms with Gasteiger partial charge in [0.1, 0.15) is 18.2 Å². The van der Waals surface area contributed by atoms with Gasteiger partial charge >= 0.3 is 10.3 Å². The molecular formula is C24H30ClN5O5S2. The fraction of sp³-hybridized carbons (Fsp3) is 0.417. The molecule has 4 rings (SSSR count). The second-order valence-corrected chi connectivity index (χ2v) is 12.0. The molecule has 0 saturated heterocycles. The van der Waals surface area contributed by atoms with Crippen molar-refractivity contribution in [2.75, 3.05) is 26.0 Å². The molecule has 1 saturated carbocycles. The summed E-state index contributed by atoms with van der Waals surface area (Å²) in [5.41, 5.74) is 2.57. The van der Waals surface area contributed by atoms with Gasteiger partial charge in [-0.3, -0.25) is 9.08 Å². The minimum Gasteiger partial charge on any atom is -0.393 e. The lowest BCUT2D eigenvalue weighted by atomic mass is 9.99. The Hall–Kier alpha value is -2.16. The van der Waals surface area contributed by atoms with Crippen molar-refractivity contribution in [3.8, 4) is 0 Å². The van der Waals surface area contributed by atoms with E-state index in [2.05, 4.69) is 24.4 Å². The number of hydrogen-bond acceptors (Lipinski definition) is 10. The zero-order valence-corrected chi connectivity index (χ0v) is 22.7. The van der Waals surface area contributed by atoms with Crippen LogP contribution in [0.2, 0.25) is 5.02 Å². The maximum absolute atomic E-state index is 11.3. The third-order valence-electron chi connectivity index (χ3n) is 6.39. The van der Waals surface area contributed by atoms with Crippen LogP contribution in [-0.2, 0) is 14.5 Å². The monoisotopic (exact) mass is 567 g/mol. The Kier molecular flexibility index (Phi) is 8.81. The second-order valence-electron chi connectivity index (χ2n) is 9.35. The van der Waals surface area contributed by atoms with Crippen molar-refractivity contribution in [1.82, 2.24) is 14.9 Å². The molecular weight excluding hydrogens is 538 g/mol. The van der Waals surface area contributed by atoms with Gasteiger partial charge in [-0.1, -0.05) is 23.7 Å². The second kappa shape index (κ2) is 11.7. The van der Waals surface area contributed by atoms with Gasteiger partial charge in [0.25, 0.3) is 0 Å². The lowest BCUT2D eigenvalue weighted by Gasteiger charge is -2.24. The number of anilines is 1. The van der Waals surface area contributed by atoms with Crippen LogP contribution in [0.25, 0.3) is 0 Å². The summed E-state index contributed by atoms with van der Waals surface area (Å²) >= 11 is 7.67. The van der Waals surface area contributed by atoms with Gasteiger partial charge in [0.15, 0.2) is 0 Å². The molecule has 5 atom stereocenters. The summed E-state index contributed by atoms with van der Waals surface area (Å²) in [6, 6.07) is 9.43. The van der Waals surface area contributed by atoms with E-state index >= 15 is 0 Å². The molecule has 37 heavy (non-hydrogen) atoms. The number of hydrogen-bond donors (Lipinski definition) is 4. The molecule has 0 amide bonds. The first-order valence-corrected chi connectivity index (χ1v) is 14.3. The highest BCUT2D eigenvalue weighted by Gasteiger charge is 2.35. The van der Waals surface area contributed by atoms with Crippen LogP contribution < -0.4 is 10.5 Å². The fourth-order valence-electron chi connectivity index (χ4n) is 4.71. The van der Waals surface area contributed by atoms with E-state index in [1.54, 1.807) is 6.20 Å². The first kappa shape index (κ1) is 27.9. The fourth-order valence-corrected chi connectivity index (χ4v) is 6.20. The Bertz CT molecular complexity index is 1320. The molecule has 1 aliphatic carbocycles. The Balaban J connectivity index is 1.51. The molecule has 200 valence electrons. The van der Waals surface area contributed by atoms with Gasteiger partial charge in [0.2, 0.25) is 0 Å². The van der Waals surface area contributed by atoms with E-state index in [1.165, 1.54) is 17.7 Å². The summed E-state index contributed by atoms with van der Waals surface area (Å²) in [6.07, 6.45) is 2.02. The molecule has 1 fully saturated rings. The van der Waals surface area contributed by atoms with Crippen molar-refractivity contribution in [3.05, 3.63) is 74.8 Å². The maximum atomic E-state index is 11.3. The van der Waals surface area contributed by atoms with Crippen LogP contribution in [0.3, 0.4) is 0 Å². The van der Waals surface area contributed by atoms with Crippen LogP contribution >= 0.6 is 22.9 Å². The number of aliphatic hydroxyl groups is 2.